The molecule has 164 valence electrons. The van der Waals surface area contributed by atoms with Crippen molar-refractivity contribution in [3.05, 3.63) is 87.9 Å². The van der Waals surface area contributed by atoms with Crippen LogP contribution >= 0.6 is 23.2 Å². The molecule has 0 fully saturated rings. The number of ether oxygens (including phenoxy) is 2. The Kier molecular flexibility index (Phi) is 7.76. The van der Waals surface area contributed by atoms with E-state index in [4.69, 9.17) is 32.7 Å². The second-order valence-corrected chi connectivity index (χ2v) is 7.35. The number of hydrogen-bond donors (Lipinski definition) is 2. The van der Waals surface area contributed by atoms with E-state index < -0.39 is 11.8 Å². The van der Waals surface area contributed by atoms with E-state index in [0.717, 1.165) is 0 Å². The van der Waals surface area contributed by atoms with Gasteiger partial charge in [-0.25, -0.2) is 0 Å². The number of halogens is 2. The van der Waals surface area contributed by atoms with Gasteiger partial charge in [0.25, 0.3) is 11.8 Å². The Bertz CT molecular complexity index is 1120. The van der Waals surface area contributed by atoms with E-state index in [9.17, 15) is 9.59 Å². The summed E-state index contributed by atoms with van der Waals surface area (Å²) in [5.74, 6) is -0.305. The van der Waals surface area contributed by atoms with Crippen molar-refractivity contribution < 1.29 is 19.1 Å². The van der Waals surface area contributed by atoms with Crippen LogP contribution in [0.25, 0.3) is 6.08 Å². The van der Waals surface area contributed by atoms with Gasteiger partial charge in [0.05, 0.1) is 35.6 Å². The Morgan fingerprint density at radius 1 is 0.750 bits per heavy atom. The SMILES string of the molecule is COc1ccc(C=C(C(=O)Nc2ccccc2Cl)C(=O)Nc2ccccc2Cl)cc1OC. The van der Waals surface area contributed by atoms with Crippen molar-refractivity contribution in [2.24, 2.45) is 0 Å². The van der Waals surface area contributed by atoms with Crippen LogP contribution in [0.1, 0.15) is 5.56 Å². The van der Waals surface area contributed by atoms with Gasteiger partial charge in [0.2, 0.25) is 0 Å². The van der Waals surface area contributed by atoms with E-state index in [2.05, 4.69) is 10.6 Å². The van der Waals surface area contributed by atoms with Crippen LogP contribution < -0.4 is 20.1 Å². The number of para-hydroxylation sites is 2. The molecule has 2 N–H and O–H groups in total. The average molecular weight is 471 g/mol. The summed E-state index contributed by atoms with van der Waals surface area (Å²) in [4.78, 5) is 26.2. The minimum atomic E-state index is -0.641. The highest BCUT2D eigenvalue weighted by Crippen LogP contribution is 2.29. The molecule has 8 heteroatoms. The van der Waals surface area contributed by atoms with E-state index in [1.54, 1.807) is 66.7 Å². The normalized spacial score (nSPS) is 10.1. The van der Waals surface area contributed by atoms with Gasteiger partial charge in [0.1, 0.15) is 5.57 Å². The molecule has 0 aliphatic carbocycles. The van der Waals surface area contributed by atoms with Gasteiger partial charge in [0.15, 0.2) is 11.5 Å². The first-order valence-electron chi connectivity index (χ1n) is 9.48. The van der Waals surface area contributed by atoms with Crippen molar-refractivity contribution in [1.29, 1.82) is 0 Å². The Balaban J connectivity index is 1.99. The second-order valence-electron chi connectivity index (χ2n) is 6.54. The average Bonchev–Trinajstić information content (AvgIpc) is 2.80. The predicted octanol–water partition coefficient (Wildman–Crippen LogP) is 5.67. The summed E-state index contributed by atoms with van der Waals surface area (Å²) in [7, 11) is 3.02. The highest BCUT2D eigenvalue weighted by molar-refractivity contribution is 6.36. The van der Waals surface area contributed by atoms with Crippen LogP contribution in [0, 0.1) is 0 Å². The smallest absolute Gasteiger partial charge is 0.261 e. The first kappa shape index (κ1) is 23.2. The number of carbonyl (C=O) groups excluding carboxylic acids is 2. The number of hydrogen-bond acceptors (Lipinski definition) is 4. The minimum absolute atomic E-state index is 0.156. The first-order chi connectivity index (χ1) is 15.4. The van der Waals surface area contributed by atoms with Crippen LogP contribution in [0.2, 0.25) is 10.0 Å². The lowest BCUT2D eigenvalue weighted by Gasteiger charge is -2.13. The van der Waals surface area contributed by atoms with Crippen molar-refractivity contribution in [3.8, 4) is 11.5 Å². The summed E-state index contributed by atoms with van der Waals surface area (Å²) >= 11 is 12.3. The zero-order valence-corrected chi connectivity index (χ0v) is 18.8. The van der Waals surface area contributed by atoms with Gasteiger partial charge in [-0.05, 0) is 48.0 Å². The van der Waals surface area contributed by atoms with E-state index in [1.807, 2.05) is 0 Å². The Morgan fingerprint density at radius 3 is 1.72 bits per heavy atom. The summed E-state index contributed by atoms with van der Waals surface area (Å²) in [5, 5.41) is 6.04. The number of anilines is 2. The number of nitrogens with one attached hydrogen (secondary N) is 2. The van der Waals surface area contributed by atoms with Crippen molar-refractivity contribution >= 4 is 52.5 Å². The summed E-state index contributed by atoms with van der Waals surface area (Å²) in [6, 6.07) is 18.5. The van der Waals surface area contributed by atoms with Gasteiger partial charge in [0, 0.05) is 0 Å². The number of carbonyl (C=O) groups is 2. The fourth-order valence-electron chi connectivity index (χ4n) is 2.85. The lowest BCUT2D eigenvalue weighted by atomic mass is 10.1. The molecule has 3 aromatic rings. The number of rotatable bonds is 7. The third kappa shape index (κ3) is 5.60. The van der Waals surface area contributed by atoms with Gasteiger partial charge < -0.3 is 20.1 Å². The molecule has 0 aromatic heterocycles. The van der Waals surface area contributed by atoms with Gasteiger partial charge in [-0.1, -0.05) is 53.5 Å². The number of amides is 2. The zero-order valence-electron chi connectivity index (χ0n) is 17.3. The molecule has 3 aromatic carbocycles. The van der Waals surface area contributed by atoms with Crippen LogP contribution in [0.4, 0.5) is 11.4 Å². The maximum absolute atomic E-state index is 13.1. The quantitative estimate of drug-likeness (QED) is 0.265. The third-order valence-electron chi connectivity index (χ3n) is 4.45. The second kappa shape index (κ2) is 10.7. The van der Waals surface area contributed by atoms with Crippen LogP contribution in [0.5, 0.6) is 11.5 Å². The van der Waals surface area contributed by atoms with Crippen LogP contribution in [-0.4, -0.2) is 26.0 Å². The number of methoxy groups -OCH3 is 2. The molecular weight excluding hydrogens is 451 g/mol. The maximum Gasteiger partial charge on any atom is 0.261 e. The molecule has 0 atom stereocenters. The molecule has 0 unspecified atom stereocenters. The van der Waals surface area contributed by atoms with Crippen LogP contribution in [0.15, 0.2) is 72.3 Å². The van der Waals surface area contributed by atoms with E-state index in [0.29, 0.717) is 38.5 Å². The third-order valence-corrected chi connectivity index (χ3v) is 5.11. The maximum atomic E-state index is 13.1. The molecule has 0 aliphatic rings. The lowest BCUT2D eigenvalue weighted by Crippen LogP contribution is -2.25. The predicted molar refractivity (Wildman–Crippen MR) is 128 cm³/mol. The van der Waals surface area contributed by atoms with Crippen LogP contribution in [-0.2, 0) is 9.59 Å². The Labute approximate surface area is 195 Å². The molecule has 0 saturated carbocycles. The first-order valence-corrected chi connectivity index (χ1v) is 10.2. The van der Waals surface area contributed by atoms with Crippen molar-refractivity contribution in [2.45, 2.75) is 0 Å². The summed E-state index contributed by atoms with van der Waals surface area (Å²) in [6.07, 6.45) is 1.44. The van der Waals surface area contributed by atoms with Gasteiger partial charge >= 0.3 is 0 Å². The van der Waals surface area contributed by atoms with Crippen molar-refractivity contribution in [1.82, 2.24) is 0 Å². The molecule has 0 heterocycles. The lowest BCUT2D eigenvalue weighted by molar-refractivity contribution is -0.118. The minimum Gasteiger partial charge on any atom is -0.493 e. The fourth-order valence-corrected chi connectivity index (χ4v) is 3.21. The highest BCUT2D eigenvalue weighted by Gasteiger charge is 2.21. The van der Waals surface area contributed by atoms with Gasteiger partial charge in [-0.3, -0.25) is 9.59 Å². The van der Waals surface area contributed by atoms with E-state index in [1.165, 1.54) is 20.3 Å². The van der Waals surface area contributed by atoms with Gasteiger partial charge in [-0.15, -0.1) is 0 Å². The molecule has 3 rings (SSSR count). The zero-order chi connectivity index (χ0) is 23.1. The van der Waals surface area contributed by atoms with E-state index >= 15 is 0 Å². The van der Waals surface area contributed by atoms with E-state index in [-0.39, 0.29) is 5.57 Å². The molecule has 32 heavy (non-hydrogen) atoms. The topological polar surface area (TPSA) is 76.7 Å². The molecular formula is C24H20Cl2N2O4. The van der Waals surface area contributed by atoms with Crippen molar-refractivity contribution in [3.63, 3.8) is 0 Å². The monoisotopic (exact) mass is 470 g/mol. The molecule has 0 spiro atoms. The molecule has 2 amide bonds. The summed E-state index contributed by atoms with van der Waals surface area (Å²) in [5.41, 5.74) is 1.16. The Hall–Kier alpha value is -3.48. The van der Waals surface area contributed by atoms with Gasteiger partial charge in [-0.2, -0.15) is 0 Å². The number of benzene rings is 3. The standard InChI is InChI=1S/C24H20Cl2N2O4/c1-31-21-12-11-15(14-22(21)32-2)13-16(23(29)27-19-9-5-3-7-17(19)25)24(30)28-20-10-6-4-8-18(20)26/h3-14H,1-2H3,(H,27,29)(H,28,30). The molecule has 0 saturated heterocycles. The largest absolute Gasteiger partial charge is 0.493 e. The summed E-state index contributed by atoms with van der Waals surface area (Å²) < 4.78 is 10.6. The molecule has 0 aliphatic heterocycles. The van der Waals surface area contributed by atoms with Crippen LogP contribution in [0.3, 0.4) is 0 Å². The van der Waals surface area contributed by atoms with Crippen molar-refractivity contribution in [2.75, 3.05) is 24.9 Å². The molecule has 0 radical (unpaired) electrons. The fraction of sp³-hybridized carbons (Fsp3) is 0.0833. The molecule has 0 bridgehead atoms. The highest BCUT2D eigenvalue weighted by atomic mass is 35.5. The summed E-state index contributed by atoms with van der Waals surface area (Å²) in [6.45, 7) is 0. The Morgan fingerprint density at radius 2 is 1.25 bits per heavy atom. The molecule has 6 nitrogen and oxygen atoms in total.